The second-order valence-corrected chi connectivity index (χ2v) is 9.39. The number of nitrogens with one attached hydrogen (secondary N) is 1. The number of aromatic nitrogens is 1. The molecular weight excluding hydrogens is 434 g/mol. The molecule has 6 rings (SSSR count). The van der Waals surface area contributed by atoms with Crippen molar-refractivity contribution in [2.75, 3.05) is 13.1 Å². The number of pyridine rings is 1. The number of nitrogens with zero attached hydrogens (tertiary/aromatic N) is 2. The van der Waals surface area contributed by atoms with Crippen LogP contribution >= 0.6 is 12.2 Å². The average molecular weight is 458 g/mol. The molecule has 1 N–H and O–H groups in total. The van der Waals surface area contributed by atoms with Crippen molar-refractivity contribution in [1.29, 1.82) is 0 Å². The Balaban J connectivity index is 1.25. The number of hydrogen-bond acceptors (Lipinski definition) is 4. The molecule has 3 aliphatic heterocycles. The van der Waals surface area contributed by atoms with Gasteiger partial charge in [0.2, 0.25) is 5.91 Å². The Hall–Kier alpha value is -3.45. The molecule has 0 radical (unpaired) electrons. The molecule has 0 aliphatic carbocycles. The molecule has 2 aromatic carbocycles. The second-order valence-electron chi connectivity index (χ2n) is 9.01. The fraction of sp³-hybridized carbons (Fsp3) is 0.269. The van der Waals surface area contributed by atoms with Crippen molar-refractivity contribution in [3.63, 3.8) is 0 Å². The molecule has 1 amide bonds. The van der Waals surface area contributed by atoms with E-state index in [0.717, 1.165) is 29.8 Å². The van der Waals surface area contributed by atoms with E-state index in [9.17, 15) is 9.59 Å². The zero-order chi connectivity index (χ0) is 22.5. The van der Waals surface area contributed by atoms with Crippen LogP contribution in [-0.2, 0) is 11.3 Å². The maximum Gasteiger partial charge on any atom is 0.250 e. The van der Waals surface area contributed by atoms with Crippen LogP contribution in [0.5, 0.6) is 11.5 Å². The third-order valence-corrected chi connectivity index (χ3v) is 7.30. The SMILES string of the molecule is O=C(NC(=S)N1C[C@H]2C[C@H](C1)c1cccc(=O)n1C2)C1c2ccccc2Oc2ccccc21. The lowest BCUT2D eigenvalue weighted by atomic mass is 9.83. The second kappa shape index (κ2) is 7.85. The molecule has 7 heteroatoms. The highest BCUT2D eigenvalue weighted by molar-refractivity contribution is 7.80. The first-order valence-corrected chi connectivity index (χ1v) is 11.6. The van der Waals surface area contributed by atoms with E-state index in [0.29, 0.717) is 35.6 Å². The van der Waals surface area contributed by atoms with Crippen LogP contribution in [-0.4, -0.2) is 33.6 Å². The normalized spacial score (nSPS) is 20.7. The van der Waals surface area contributed by atoms with E-state index in [-0.39, 0.29) is 17.4 Å². The maximum atomic E-state index is 13.5. The third-order valence-electron chi connectivity index (χ3n) is 6.94. The lowest BCUT2D eigenvalue weighted by Crippen LogP contribution is -2.53. The van der Waals surface area contributed by atoms with Crippen molar-refractivity contribution in [3.8, 4) is 11.5 Å². The van der Waals surface area contributed by atoms with Gasteiger partial charge in [-0.2, -0.15) is 0 Å². The Kier molecular flexibility index (Phi) is 4.80. The van der Waals surface area contributed by atoms with E-state index in [1.165, 1.54) is 0 Å². The van der Waals surface area contributed by atoms with E-state index in [1.807, 2.05) is 65.2 Å². The molecule has 3 aliphatic rings. The lowest BCUT2D eigenvalue weighted by molar-refractivity contribution is -0.120. The van der Waals surface area contributed by atoms with Crippen LogP contribution in [0.15, 0.2) is 71.5 Å². The number of piperidine rings is 1. The highest BCUT2D eigenvalue weighted by Crippen LogP contribution is 2.44. The molecule has 1 saturated heterocycles. The first kappa shape index (κ1) is 20.2. The summed E-state index contributed by atoms with van der Waals surface area (Å²) in [5.41, 5.74) is 2.79. The molecule has 0 unspecified atom stereocenters. The van der Waals surface area contributed by atoms with Crippen molar-refractivity contribution in [3.05, 3.63) is 93.9 Å². The van der Waals surface area contributed by atoms with Crippen LogP contribution in [0.2, 0.25) is 0 Å². The molecule has 2 bridgehead atoms. The van der Waals surface area contributed by atoms with Gasteiger partial charge in [0.15, 0.2) is 5.11 Å². The number of para-hydroxylation sites is 2. The zero-order valence-corrected chi connectivity index (χ0v) is 18.8. The van der Waals surface area contributed by atoms with Crippen LogP contribution in [0, 0.1) is 5.92 Å². The van der Waals surface area contributed by atoms with Gasteiger partial charge >= 0.3 is 0 Å². The predicted molar refractivity (Wildman–Crippen MR) is 129 cm³/mol. The highest BCUT2D eigenvalue weighted by atomic mass is 32.1. The van der Waals surface area contributed by atoms with Gasteiger partial charge in [-0.25, -0.2) is 0 Å². The Bertz CT molecular complexity index is 1290. The van der Waals surface area contributed by atoms with Gasteiger partial charge in [0.25, 0.3) is 5.56 Å². The molecule has 6 nitrogen and oxygen atoms in total. The third kappa shape index (κ3) is 3.43. The van der Waals surface area contributed by atoms with Gasteiger partial charge in [0.1, 0.15) is 11.5 Å². The minimum atomic E-state index is -0.493. The standard InChI is InChI=1S/C26H23N3O3S/c30-23-11-5-8-20-17-12-16(14-29(20)23)13-28(15-17)26(33)27-25(31)24-18-6-1-3-9-21(18)32-22-10-4-2-7-19(22)24/h1-11,16-17,24H,12-15H2,(H,27,31,33)/t16-,17-/m1/s1. The zero-order valence-electron chi connectivity index (χ0n) is 17.9. The van der Waals surface area contributed by atoms with E-state index in [4.69, 9.17) is 17.0 Å². The monoisotopic (exact) mass is 457 g/mol. The fourth-order valence-electron chi connectivity index (χ4n) is 5.51. The smallest absolute Gasteiger partial charge is 0.250 e. The summed E-state index contributed by atoms with van der Waals surface area (Å²) in [6.45, 7) is 2.12. The van der Waals surface area contributed by atoms with Gasteiger partial charge in [-0.05, 0) is 42.8 Å². The summed E-state index contributed by atoms with van der Waals surface area (Å²) in [7, 11) is 0. The van der Waals surface area contributed by atoms with Gasteiger partial charge in [-0.3, -0.25) is 9.59 Å². The number of hydrogen-bond donors (Lipinski definition) is 1. The Morgan fingerprint density at radius 2 is 1.61 bits per heavy atom. The van der Waals surface area contributed by atoms with Crippen molar-refractivity contribution in [2.45, 2.75) is 24.8 Å². The fourth-order valence-corrected chi connectivity index (χ4v) is 5.76. The lowest BCUT2D eigenvalue weighted by Gasteiger charge is -2.43. The Labute approximate surface area is 196 Å². The van der Waals surface area contributed by atoms with Gasteiger partial charge in [0.05, 0.1) is 5.92 Å². The highest BCUT2D eigenvalue weighted by Gasteiger charge is 2.37. The molecule has 1 fully saturated rings. The van der Waals surface area contributed by atoms with Crippen LogP contribution < -0.4 is 15.6 Å². The summed E-state index contributed by atoms with van der Waals surface area (Å²) in [4.78, 5) is 27.9. The summed E-state index contributed by atoms with van der Waals surface area (Å²) in [5, 5.41) is 3.47. The van der Waals surface area contributed by atoms with Crippen LogP contribution in [0.25, 0.3) is 0 Å². The molecule has 1 aromatic heterocycles. The summed E-state index contributed by atoms with van der Waals surface area (Å²) in [6.07, 6.45) is 1.04. The number of carbonyl (C=O) groups excluding carboxylic acids is 1. The van der Waals surface area contributed by atoms with Crippen molar-refractivity contribution in [2.24, 2.45) is 5.92 Å². The summed E-state index contributed by atoms with van der Waals surface area (Å²) < 4.78 is 7.92. The number of benzene rings is 2. The number of thiocarbonyl (C=S) groups is 1. The molecule has 2 atom stereocenters. The minimum absolute atomic E-state index is 0.0587. The van der Waals surface area contributed by atoms with E-state index in [1.54, 1.807) is 6.07 Å². The quantitative estimate of drug-likeness (QED) is 0.566. The number of fused-ring (bicyclic) bond motifs is 6. The van der Waals surface area contributed by atoms with Gasteiger partial charge in [0, 0.05) is 48.4 Å². The van der Waals surface area contributed by atoms with Crippen molar-refractivity contribution in [1.82, 2.24) is 14.8 Å². The van der Waals surface area contributed by atoms with Crippen LogP contribution in [0.3, 0.4) is 0 Å². The largest absolute Gasteiger partial charge is 0.457 e. The van der Waals surface area contributed by atoms with E-state index < -0.39 is 5.92 Å². The first-order chi connectivity index (χ1) is 16.1. The Morgan fingerprint density at radius 1 is 0.909 bits per heavy atom. The van der Waals surface area contributed by atoms with E-state index >= 15 is 0 Å². The molecule has 33 heavy (non-hydrogen) atoms. The van der Waals surface area contributed by atoms with Gasteiger partial charge in [-0.15, -0.1) is 0 Å². The topological polar surface area (TPSA) is 63.6 Å². The molecule has 3 aromatic rings. The van der Waals surface area contributed by atoms with Crippen molar-refractivity contribution >= 4 is 23.2 Å². The van der Waals surface area contributed by atoms with Gasteiger partial charge in [-0.1, -0.05) is 42.5 Å². The number of likely N-dealkylation sites (tertiary alicyclic amines) is 1. The molecule has 0 saturated carbocycles. The number of ether oxygens (including phenoxy) is 1. The van der Waals surface area contributed by atoms with Crippen LogP contribution in [0.4, 0.5) is 0 Å². The van der Waals surface area contributed by atoms with Crippen molar-refractivity contribution < 1.29 is 9.53 Å². The molecule has 166 valence electrons. The number of amides is 1. The molecular formula is C26H23N3O3S. The summed E-state index contributed by atoms with van der Waals surface area (Å²) in [6, 6.07) is 20.7. The van der Waals surface area contributed by atoms with E-state index in [2.05, 4.69) is 10.2 Å². The van der Waals surface area contributed by atoms with Gasteiger partial charge < -0.3 is 19.5 Å². The average Bonchev–Trinajstić information content (AvgIpc) is 2.83. The Morgan fingerprint density at radius 3 is 2.33 bits per heavy atom. The summed E-state index contributed by atoms with van der Waals surface area (Å²) >= 11 is 5.71. The number of rotatable bonds is 1. The first-order valence-electron chi connectivity index (χ1n) is 11.2. The van der Waals surface area contributed by atoms with Crippen LogP contribution in [0.1, 0.15) is 35.1 Å². The number of carbonyl (C=O) groups is 1. The maximum absolute atomic E-state index is 13.5. The molecule has 4 heterocycles. The molecule has 0 spiro atoms. The summed E-state index contributed by atoms with van der Waals surface area (Å²) in [5.74, 6) is 1.29. The minimum Gasteiger partial charge on any atom is -0.457 e. The predicted octanol–water partition coefficient (Wildman–Crippen LogP) is 3.61.